The molecule has 1 aliphatic rings. The van der Waals surface area contributed by atoms with Crippen LogP contribution in [0.4, 0.5) is 0 Å². The summed E-state index contributed by atoms with van der Waals surface area (Å²) in [6.07, 6.45) is 1.78. The fourth-order valence-electron chi connectivity index (χ4n) is 2.41. The van der Waals surface area contributed by atoms with Crippen molar-refractivity contribution in [1.82, 2.24) is 14.8 Å². The molecular weight excluding hydrogens is 246 g/mol. The first-order chi connectivity index (χ1) is 8.63. The molecule has 0 atom stereocenters. The summed E-state index contributed by atoms with van der Waals surface area (Å²) in [6.45, 7) is 11.3. The highest BCUT2D eigenvalue weighted by molar-refractivity contribution is 6.30. The number of piperazine rings is 1. The Hall–Kier alpha value is -0.640. The minimum Gasteiger partial charge on any atom is -0.301 e. The van der Waals surface area contributed by atoms with E-state index in [1.165, 1.54) is 19.6 Å². The monoisotopic (exact) mass is 267 g/mol. The Kier molecular flexibility index (Phi) is 4.98. The van der Waals surface area contributed by atoms with Crippen LogP contribution in [0.25, 0.3) is 0 Å². The number of hydrogen-bond acceptors (Lipinski definition) is 3. The fourth-order valence-corrected chi connectivity index (χ4v) is 2.59. The van der Waals surface area contributed by atoms with E-state index in [0.29, 0.717) is 0 Å². The minimum atomic E-state index is 0.756. The lowest BCUT2D eigenvalue weighted by molar-refractivity contribution is 0.116. The van der Waals surface area contributed by atoms with Crippen molar-refractivity contribution in [2.45, 2.75) is 20.4 Å². The van der Waals surface area contributed by atoms with Gasteiger partial charge < -0.3 is 4.90 Å². The highest BCUT2D eigenvalue weighted by Crippen LogP contribution is 2.12. The quantitative estimate of drug-likeness (QED) is 0.836. The lowest BCUT2D eigenvalue weighted by Gasteiger charge is -2.35. The summed E-state index contributed by atoms with van der Waals surface area (Å²) >= 11 is 5.98. The molecule has 0 unspecified atom stereocenters. The van der Waals surface area contributed by atoms with Gasteiger partial charge in [0.05, 0.1) is 5.69 Å². The minimum absolute atomic E-state index is 0.756. The average Bonchev–Trinajstić information content (AvgIpc) is 2.31. The van der Waals surface area contributed by atoms with Gasteiger partial charge in [-0.3, -0.25) is 9.88 Å². The Balaban J connectivity index is 1.80. The maximum absolute atomic E-state index is 5.98. The zero-order valence-electron chi connectivity index (χ0n) is 11.3. The van der Waals surface area contributed by atoms with E-state index in [1.54, 1.807) is 6.20 Å². The van der Waals surface area contributed by atoms with Crippen LogP contribution in [0, 0.1) is 5.92 Å². The molecular formula is C14H22ClN3. The van der Waals surface area contributed by atoms with Crippen molar-refractivity contribution in [2.75, 3.05) is 32.7 Å². The van der Waals surface area contributed by atoms with Crippen LogP contribution in [0.3, 0.4) is 0 Å². The lowest BCUT2D eigenvalue weighted by atomic mass is 10.2. The van der Waals surface area contributed by atoms with Crippen LogP contribution in [-0.2, 0) is 6.54 Å². The molecule has 2 heterocycles. The molecule has 100 valence electrons. The SMILES string of the molecule is CC(C)CN1CCN(Cc2cc(Cl)ccn2)CC1. The van der Waals surface area contributed by atoms with E-state index in [0.717, 1.165) is 36.3 Å². The van der Waals surface area contributed by atoms with Gasteiger partial charge in [0.1, 0.15) is 0 Å². The van der Waals surface area contributed by atoms with Gasteiger partial charge in [-0.25, -0.2) is 0 Å². The largest absolute Gasteiger partial charge is 0.301 e. The zero-order valence-corrected chi connectivity index (χ0v) is 12.0. The first-order valence-electron chi connectivity index (χ1n) is 6.68. The summed E-state index contributed by atoms with van der Waals surface area (Å²) in [6, 6.07) is 3.79. The number of hydrogen-bond donors (Lipinski definition) is 0. The Morgan fingerprint density at radius 1 is 1.22 bits per heavy atom. The molecule has 1 aliphatic heterocycles. The standard InChI is InChI=1S/C14H22ClN3/c1-12(2)10-17-5-7-18(8-6-17)11-14-9-13(15)3-4-16-14/h3-4,9,12H,5-8,10-11H2,1-2H3. The summed E-state index contributed by atoms with van der Waals surface area (Å²) in [5.74, 6) is 0.756. The van der Waals surface area contributed by atoms with Crippen LogP contribution in [0.2, 0.25) is 5.02 Å². The van der Waals surface area contributed by atoms with Crippen LogP contribution in [0.1, 0.15) is 19.5 Å². The van der Waals surface area contributed by atoms with E-state index in [4.69, 9.17) is 11.6 Å². The summed E-state index contributed by atoms with van der Waals surface area (Å²) in [5, 5.41) is 0.776. The van der Waals surface area contributed by atoms with Crippen LogP contribution in [-0.4, -0.2) is 47.5 Å². The van der Waals surface area contributed by atoms with Crippen LogP contribution >= 0.6 is 11.6 Å². The maximum atomic E-state index is 5.98. The van der Waals surface area contributed by atoms with Gasteiger partial charge >= 0.3 is 0 Å². The molecule has 0 amide bonds. The van der Waals surface area contributed by atoms with Gasteiger partial charge in [0.25, 0.3) is 0 Å². The summed E-state index contributed by atoms with van der Waals surface area (Å²) in [4.78, 5) is 9.36. The molecule has 0 aromatic carbocycles. The van der Waals surface area contributed by atoms with Crippen LogP contribution in [0.5, 0.6) is 0 Å². The molecule has 0 radical (unpaired) electrons. The fraction of sp³-hybridized carbons (Fsp3) is 0.643. The number of pyridine rings is 1. The second-order valence-corrected chi connectivity index (χ2v) is 5.87. The van der Waals surface area contributed by atoms with Gasteiger partial charge in [0.15, 0.2) is 0 Å². The van der Waals surface area contributed by atoms with Gasteiger partial charge in [0, 0.05) is 50.5 Å². The van der Waals surface area contributed by atoms with E-state index in [9.17, 15) is 0 Å². The van der Waals surface area contributed by atoms with Crippen molar-refractivity contribution < 1.29 is 0 Å². The topological polar surface area (TPSA) is 19.4 Å². The molecule has 1 fully saturated rings. The van der Waals surface area contributed by atoms with Crippen LogP contribution < -0.4 is 0 Å². The van der Waals surface area contributed by atoms with E-state index in [1.807, 2.05) is 12.1 Å². The number of aromatic nitrogens is 1. The first-order valence-corrected chi connectivity index (χ1v) is 7.06. The highest BCUT2D eigenvalue weighted by atomic mass is 35.5. The Bertz CT molecular complexity index is 373. The molecule has 0 N–H and O–H groups in total. The van der Waals surface area contributed by atoms with Gasteiger partial charge in [0.2, 0.25) is 0 Å². The smallest absolute Gasteiger partial charge is 0.0558 e. The lowest BCUT2D eigenvalue weighted by Crippen LogP contribution is -2.46. The van der Waals surface area contributed by atoms with E-state index < -0.39 is 0 Å². The zero-order chi connectivity index (χ0) is 13.0. The predicted octanol–water partition coefficient (Wildman–Crippen LogP) is 2.51. The third-order valence-corrected chi connectivity index (χ3v) is 3.49. The van der Waals surface area contributed by atoms with Gasteiger partial charge in [-0.1, -0.05) is 25.4 Å². The van der Waals surface area contributed by atoms with E-state index in [-0.39, 0.29) is 0 Å². The molecule has 0 saturated carbocycles. The third-order valence-electron chi connectivity index (χ3n) is 3.25. The highest BCUT2D eigenvalue weighted by Gasteiger charge is 2.17. The average molecular weight is 268 g/mol. The Labute approximate surface area is 115 Å². The molecule has 4 heteroatoms. The van der Waals surface area contributed by atoms with E-state index >= 15 is 0 Å². The second-order valence-electron chi connectivity index (χ2n) is 5.44. The Morgan fingerprint density at radius 3 is 2.50 bits per heavy atom. The number of nitrogens with zero attached hydrogens (tertiary/aromatic N) is 3. The molecule has 1 aromatic heterocycles. The molecule has 18 heavy (non-hydrogen) atoms. The van der Waals surface area contributed by atoms with Gasteiger partial charge in [-0.15, -0.1) is 0 Å². The third kappa shape index (κ3) is 4.23. The predicted molar refractivity (Wildman–Crippen MR) is 75.8 cm³/mol. The maximum Gasteiger partial charge on any atom is 0.0558 e. The molecule has 3 nitrogen and oxygen atoms in total. The summed E-state index contributed by atoms with van der Waals surface area (Å²) in [7, 11) is 0. The molecule has 2 rings (SSSR count). The molecule has 0 spiro atoms. The molecule has 0 aliphatic carbocycles. The van der Waals surface area contributed by atoms with Crippen molar-refractivity contribution in [3.05, 3.63) is 29.0 Å². The van der Waals surface area contributed by atoms with Crippen molar-refractivity contribution >= 4 is 11.6 Å². The summed E-state index contributed by atoms with van der Waals surface area (Å²) < 4.78 is 0. The normalized spacial score (nSPS) is 18.4. The van der Waals surface area contributed by atoms with Crippen molar-refractivity contribution in [3.8, 4) is 0 Å². The molecule has 1 aromatic rings. The molecule has 1 saturated heterocycles. The van der Waals surface area contributed by atoms with Crippen molar-refractivity contribution in [3.63, 3.8) is 0 Å². The van der Waals surface area contributed by atoms with Gasteiger partial charge in [-0.05, 0) is 18.1 Å². The number of halogens is 1. The van der Waals surface area contributed by atoms with Crippen molar-refractivity contribution in [1.29, 1.82) is 0 Å². The van der Waals surface area contributed by atoms with Gasteiger partial charge in [-0.2, -0.15) is 0 Å². The van der Waals surface area contributed by atoms with E-state index in [2.05, 4.69) is 28.6 Å². The first kappa shape index (κ1) is 13.8. The van der Waals surface area contributed by atoms with Crippen molar-refractivity contribution in [2.24, 2.45) is 5.92 Å². The Morgan fingerprint density at radius 2 is 1.89 bits per heavy atom. The summed E-state index contributed by atoms with van der Waals surface area (Å²) in [5.41, 5.74) is 1.07. The molecule has 0 bridgehead atoms. The second kappa shape index (κ2) is 6.50. The van der Waals surface area contributed by atoms with Crippen LogP contribution in [0.15, 0.2) is 18.3 Å². The number of rotatable bonds is 4.